The normalized spacial score (nSPS) is 29.1. The van der Waals surface area contributed by atoms with Gasteiger partial charge in [-0.2, -0.15) is 0 Å². The first-order chi connectivity index (χ1) is 28.1. The fourth-order valence-electron chi connectivity index (χ4n) is 6.58. The molecular formula is C30H40N6O20P3S+. The second kappa shape index (κ2) is 18.5. The van der Waals surface area contributed by atoms with E-state index in [9.17, 15) is 57.7 Å². The van der Waals surface area contributed by atoms with Crippen LogP contribution in [0.5, 0.6) is 0 Å². The number of hydrogen-bond donors (Lipinski definition) is 7. The molecule has 3 aliphatic heterocycles. The van der Waals surface area contributed by atoms with Crippen LogP contribution >= 0.6 is 22.8 Å². The summed E-state index contributed by atoms with van der Waals surface area (Å²) in [7, 11) is -8.31. The zero-order chi connectivity index (χ0) is 43.8. The average molecular weight is 930 g/mol. The maximum atomic E-state index is 13.4. The molecule has 60 heavy (non-hydrogen) atoms. The van der Waals surface area contributed by atoms with Gasteiger partial charge in [0.1, 0.15) is 49.7 Å². The summed E-state index contributed by atoms with van der Waals surface area (Å²) in [5.74, 6) is 0. The molecule has 12 atom stereocenters. The van der Waals surface area contributed by atoms with Crippen molar-refractivity contribution in [2.75, 3.05) is 19.8 Å². The van der Waals surface area contributed by atoms with Crippen LogP contribution in [-0.4, -0.2) is 105 Å². The lowest BCUT2D eigenvalue weighted by atomic mass is 10.2. The minimum Gasteiger partial charge on any atom is -0.390 e. The molecule has 0 bridgehead atoms. The maximum Gasteiger partial charge on any atom is 0.694 e. The molecule has 0 radical (unpaired) electrons. The van der Waals surface area contributed by atoms with Crippen molar-refractivity contribution in [2.45, 2.75) is 95.3 Å². The van der Waals surface area contributed by atoms with E-state index in [1.54, 1.807) is 0 Å². The predicted molar refractivity (Wildman–Crippen MR) is 204 cm³/mol. The third kappa shape index (κ3) is 10.9. The van der Waals surface area contributed by atoms with Crippen LogP contribution in [0.3, 0.4) is 0 Å². The number of hydrogen-bond acceptors (Lipinski definition) is 18. The molecule has 3 unspecified atom stereocenters. The van der Waals surface area contributed by atoms with E-state index in [4.69, 9.17) is 48.6 Å². The first-order valence-electron chi connectivity index (χ1n) is 17.8. The van der Waals surface area contributed by atoms with Gasteiger partial charge in [0.15, 0.2) is 0 Å². The van der Waals surface area contributed by atoms with Crippen LogP contribution in [0.2, 0.25) is 0 Å². The summed E-state index contributed by atoms with van der Waals surface area (Å²) in [5.41, 5.74) is -4.05. The number of nitrogens with zero attached hydrogens (tertiary/aromatic N) is 3. The number of ether oxygens (including phenoxy) is 3. The zero-order valence-corrected chi connectivity index (χ0v) is 35.1. The molecular weight excluding hydrogens is 889 g/mol. The number of aromatic nitrogens is 6. The number of aromatic amines is 3. The molecule has 3 aromatic heterocycles. The Morgan fingerprint density at radius 1 is 0.700 bits per heavy atom. The summed E-state index contributed by atoms with van der Waals surface area (Å²) in [5, 5.41) is 10.7. The summed E-state index contributed by atoms with van der Waals surface area (Å²) in [6.07, 6.45) is -8.36. The number of H-pyrrole nitrogens is 3. The highest BCUT2D eigenvalue weighted by atomic mass is 32.5. The minimum absolute atomic E-state index is 0.100. The molecule has 0 saturated carbocycles. The molecule has 330 valence electrons. The minimum atomic E-state index is -5.16. The third-order valence-corrected chi connectivity index (χ3v) is 12.6. The van der Waals surface area contributed by atoms with Gasteiger partial charge in [-0.05, 0) is 32.6 Å². The second-order valence-electron chi connectivity index (χ2n) is 13.9. The van der Waals surface area contributed by atoms with Crippen molar-refractivity contribution in [1.82, 2.24) is 28.7 Å². The predicted octanol–water partition coefficient (Wildman–Crippen LogP) is -1.43. The molecule has 3 saturated heterocycles. The van der Waals surface area contributed by atoms with E-state index >= 15 is 0 Å². The highest BCUT2D eigenvalue weighted by Crippen LogP contribution is 2.52. The summed E-state index contributed by atoms with van der Waals surface area (Å²) in [4.78, 5) is 111. The fourth-order valence-corrected chi connectivity index (χ4v) is 9.28. The fraction of sp³-hybridized carbons (Fsp3) is 0.600. The van der Waals surface area contributed by atoms with Gasteiger partial charge in [0.05, 0.1) is 25.4 Å². The van der Waals surface area contributed by atoms with Crippen molar-refractivity contribution >= 4 is 34.6 Å². The van der Waals surface area contributed by atoms with Crippen LogP contribution in [0, 0.1) is 20.8 Å². The molecule has 3 aliphatic rings. The summed E-state index contributed by atoms with van der Waals surface area (Å²) in [6, 6.07) is 0. The molecule has 0 spiro atoms. The summed E-state index contributed by atoms with van der Waals surface area (Å²) < 4.78 is 71.8. The molecule has 3 fully saturated rings. The van der Waals surface area contributed by atoms with Crippen molar-refractivity contribution in [2.24, 2.45) is 0 Å². The van der Waals surface area contributed by atoms with Crippen LogP contribution in [0.1, 0.15) is 54.6 Å². The van der Waals surface area contributed by atoms with E-state index < -0.39 is 132 Å². The smallest absolute Gasteiger partial charge is 0.390 e. The van der Waals surface area contributed by atoms with Crippen molar-refractivity contribution in [1.29, 1.82) is 0 Å². The lowest BCUT2D eigenvalue weighted by Gasteiger charge is -2.26. The quantitative estimate of drug-likeness (QED) is 0.0810. The summed E-state index contributed by atoms with van der Waals surface area (Å²) in [6.45, 7) is -2.05. The highest BCUT2D eigenvalue weighted by Gasteiger charge is 2.46. The second-order valence-corrected chi connectivity index (χ2v) is 18.9. The van der Waals surface area contributed by atoms with E-state index in [0.29, 0.717) is 0 Å². The highest BCUT2D eigenvalue weighted by molar-refractivity contribution is 8.07. The van der Waals surface area contributed by atoms with Crippen LogP contribution in [0.15, 0.2) is 47.4 Å². The van der Waals surface area contributed by atoms with Crippen LogP contribution < -0.4 is 33.7 Å². The largest absolute Gasteiger partial charge is 0.694 e. The first kappa shape index (κ1) is 46.1. The Hall–Kier alpha value is -3.46. The Morgan fingerprint density at radius 3 is 1.57 bits per heavy atom. The van der Waals surface area contributed by atoms with E-state index in [1.165, 1.54) is 39.4 Å². The molecule has 0 aromatic carbocycles. The number of aliphatic hydroxyl groups is 1. The molecule has 6 heterocycles. The van der Waals surface area contributed by atoms with Crippen molar-refractivity contribution in [3.05, 3.63) is 97.8 Å². The van der Waals surface area contributed by atoms with Crippen LogP contribution in [0.4, 0.5) is 0 Å². The Balaban J connectivity index is 1.15. The number of aryl methyl sites for hydroxylation is 3. The van der Waals surface area contributed by atoms with E-state index in [1.807, 2.05) is 0 Å². The van der Waals surface area contributed by atoms with Crippen LogP contribution in [0.25, 0.3) is 0 Å². The number of nitrogens with one attached hydrogen (secondary N) is 3. The third-order valence-electron chi connectivity index (χ3n) is 9.62. The standard InChI is InChI=1S/C30H39N6O20P3S/c1-13-7-34(28(41)31-25(13)38)22-4-16(37)19(52-22)11-51-59(48,60)56-18-6-24(36-9-15(3)27(40)33-30(36)43)54-21(18)12-50-58(46,47)55-17-5-23(53-20(17)10-49-57(44)45)35-8-14(2)26(39)32-29(35)42/h7-9,16-24,37H,4-6,10-12H2,1-3H3,(H5-,31,32,33,38,39,40,41,42,43,44,45,46,47,48,60)/p+1/t16-,17-,18-,19+,20+,21+,22+,23+,24+,59?/m0/s1. The topological polar surface area (TPSA) is 353 Å². The van der Waals surface area contributed by atoms with Gasteiger partial charge in [-0.3, -0.25) is 52.1 Å². The van der Waals surface area contributed by atoms with Crippen molar-refractivity contribution in [3.63, 3.8) is 0 Å². The summed E-state index contributed by atoms with van der Waals surface area (Å²) >= 11 is 5.23. The number of rotatable bonds is 16. The Labute approximate surface area is 341 Å². The van der Waals surface area contributed by atoms with Crippen LogP contribution in [-0.2, 0) is 57.8 Å². The maximum absolute atomic E-state index is 13.4. The Kier molecular flexibility index (Phi) is 14.2. The van der Waals surface area contributed by atoms with Gasteiger partial charge in [-0.15, -0.1) is 9.42 Å². The van der Waals surface area contributed by atoms with Crippen molar-refractivity contribution < 1.29 is 65.7 Å². The van der Waals surface area contributed by atoms with Gasteiger partial charge < -0.3 is 38.2 Å². The molecule has 26 nitrogen and oxygen atoms in total. The van der Waals surface area contributed by atoms with Gasteiger partial charge in [0.25, 0.3) is 16.7 Å². The molecule has 0 amide bonds. The molecule has 0 aliphatic carbocycles. The average Bonchev–Trinajstić information content (AvgIpc) is 3.86. The van der Waals surface area contributed by atoms with Gasteiger partial charge in [0, 0.05) is 59.1 Å². The van der Waals surface area contributed by atoms with E-state index in [-0.39, 0.29) is 36.0 Å². The number of aliphatic hydroxyl groups excluding tert-OH is 1. The molecule has 30 heteroatoms. The lowest BCUT2D eigenvalue weighted by Crippen LogP contribution is -2.33. The number of phosphoric acid groups is 1. The Bertz CT molecular complexity index is 2570. The Morgan fingerprint density at radius 2 is 1.10 bits per heavy atom. The van der Waals surface area contributed by atoms with Gasteiger partial charge in [-0.1, -0.05) is 0 Å². The molecule has 6 rings (SSSR count). The molecule has 3 aromatic rings. The SMILES string of the molecule is Cc1cn([C@H]2C[C@H](OP(=O)(O)OC[C@H]3O[C@@H](n4cc(C)c(=O)[nH]c4=O)C[C@@H]3OP(O)(=S)OC[C@H]3O[C@@H](n4cc(C)c(=O)[nH]c4=O)C[C@@H]3O)[C@@H](CO[P+](=O)O)O2)c(=O)[nH]c1=O. The first-order valence-corrected chi connectivity index (χ1v) is 23.0. The lowest BCUT2D eigenvalue weighted by molar-refractivity contribution is -0.0580. The van der Waals surface area contributed by atoms with Gasteiger partial charge in [-0.25, -0.2) is 18.9 Å². The monoisotopic (exact) mass is 929 g/mol. The molecule has 7 N–H and O–H groups in total. The number of phosphoric ester groups is 1. The van der Waals surface area contributed by atoms with Gasteiger partial charge >= 0.3 is 39.9 Å². The van der Waals surface area contributed by atoms with E-state index in [2.05, 4.69) is 15.0 Å². The van der Waals surface area contributed by atoms with E-state index in [0.717, 1.165) is 13.7 Å². The van der Waals surface area contributed by atoms with Crippen molar-refractivity contribution in [3.8, 4) is 0 Å². The van der Waals surface area contributed by atoms with Gasteiger partial charge in [0.2, 0.25) is 0 Å². The zero-order valence-electron chi connectivity index (χ0n) is 31.6.